The van der Waals surface area contributed by atoms with Crippen LogP contribution in [0.2, 0.25) is 5.02 Å². The summed E-state index contributed by atoms with van der Waals surface area (Å²) in [5.41, 5.74) is 6.34. The highest BCUT2D eigenvalue weighted by molar-refractivity contribution is 8.15. The number of nitrogens with two attached hydrogens (primary N) is 1. The van der Waals surface area contributed by atoms with Gasteiger partial charge < -0.3 is 10.5 Å². The number of thioether (sulfide) groups is 1. The minimum atomic E-state index is -1.33. The minimum absolute atomic E-state index is 0.177. The third-order valence-electron chi connectivity index (χ3n) is 5.46. The predicted octanol–water partition coefficient (Wildman–Crippen LogP) is 4.68. The van der Waals surface area contributed by atoms with Gasteiger partial charge in [0.15, 0.2) is 5.17 Å². The number of halogens is 3. The number of hydrogen-bond acceptors (Lipinski definition) is 5. The van der Waals surface area contributed by atoms with Gasteiger partial charge in [0, 0.05) is 24.8 Å². The van der Waals surface area contributed by atoms with Crippen LogP contribution in [0.15, 0.2) is 41.5 Å². The van der Waals surface area contributed by atoms with E-state index in [-0.39, 0.29) is 21.4 Å². The molecule has 0 spiro atoms. The molecule has 0 unspecified atom stereocenters. The largest absolute Gasteiger partial charge is 0.383 e. The summed E-state index contributed by atoms with van der Waals surface area (Å²) in [5.74, 6) is -0.671. The molecule has 1 aliphatic carbocycles. The highest BCUT2D eigenvalue weighted by atomic mass is 35.5. The molecular formula is C21H20ClF2N3OS. The van der Waals surface area contributed by atoms with E-state index in [1.54, 1.807) is 49.7 Å². The number of ether oxygens (including phenoxy) is 1. The molecule has 1 aromatic heterocycles. The number of hydrogen-bond donors (Lipinski definition) is 1. The molecule has 2 heterocycles. The van der Waals surface area contributed by atoms with Crippen molar-refractivity contribution < 1.29 is 13.5 Å². The Bertz CT molecular complexity index is 984. The van der Waals surface area contributed by atoms with Gasteiger partial charge in [0.2, 0.25) is 0 Å². The van der Waals surface area contributed by atoms with E-state index < -0.39 is 18.0 Å². The number of rotatable bonds is 6. The number of fused-ring (bicyclic) bond motifs is 1. The van der Waals surface area contributed by atoms with Crippen LogP contribution in [0, 0.1) is 11.7 Å². The number of methoxy groups -OCH3 is 1. The quantitative estimate of drug-likeness (QED) is 0.715. The molecule has 0 radical (unpaired) electrons. The summed E-state index contributed by atoms with van der Waals surface area (Å²) in [6.07, 6.45) is 5.81. The number of benzene rings is 1. The van der Waals surface area contributed by atoms with E-state index in [9.17, 15) is 8.78 Å². The molecule has 29 heavy (non-hydrogen) atoms. The molecule has 1 saturated carbocycles. The number of aromatic nitrogens is 1. The summed E-state index contributed by atoms with van der Waals surface area (Å²) < 4.78 is 34.3. The van der Waals surface area contributed by atoms with Crippen LogP contribution in [0.3, 0.4) is 0 Å². The zero-order valence-electron chi connectivity index (χ0n) is 15.7. The average Bonchev–Trinajstić information content (AvgIpc) is 3.42. The van der Waals surface area contributed by atoms with Crippen molar-refractivity contribution in [3.05, 3.63) is 64.2 Å². The van der Waals surface area contributed by atoms with Crippen LogP contribution in [0.1, 0.15) is 23.2 Å². The fourth-order valence-corrected chi connectivity index (χ4v) is 5.53. The fourth-order valence-electron chi connectivity index (χ4n) is 4.03. The lowest BCUT2D eigenvalue weighted by Gasteiger charge is -2.35. The molecule has 8 heteroatoms. The molecule has 4 nitrogen and oxygen atoms in total. The van der Waals surface area contributed by atoms with E-state index in [0.29, 0.717) is 23.7 Å². The van der Waals surface area contributed by atoms with Crippen molar-refractivity contribution in [2.24, 2.45) is 16.6 Å². The summed E-state index contributed by atoms with van der Waals surface area (Å²) in [6, 6.07) is 8.14. The van der Waals surface area contributed by atoms with Crippen LogP contribution >= 0.6 is 23.4 Å². The third kappa shape index (κ3) is 3.67. The smallest absolute Gasteiger partial charge is 0.155 e. The number of alkyl halides is 1. The second kappa shape index (κ2) is 7.70. The summed E-state index contributed by atoms with van der Waals surface area (Å²) >= 11 is 7.25. The molecule has 2 N–H and O–H groups in total. The topological polar surface area (TPSA) is 60.5 Å². The first-order chi connectivity index (χ1) is 13.9. The maximum Gasteiger partial charge on any atom is 0.155 e. The van der Waals surface area contributed by atoms with Gasteiger partial charge in [-0.05, 0) is 42.3 Å². The molecular weight excluding hydrogens is 416 g/mol. The first-order valence-electron chi connectivity index (χ1n) is 9.11. The monoisotopic (exact) mass is 435 g/mol. The summed E-state index contributed by atoms with van der Waals surface area (Å²) in [7, 11) is 1.60. The van der Waals surface area contributed by atoms with Gasteiger partial charge in [-0.3, -0.25) is 4.98 Å². The van der Waals surface area contributed by atoms with Gasteiger partial charge in [-0.25, -0.2) is 13.8 Å². The minimum Gasteiger partial charge on any atom is -0.383 e. The highest BCUT2D eigenvalue weighted by Crippen LogP contribution is 2.66. The molecule has 1 aliphatic heterocycles. The van der Waals surface area contributed by atoms with Crippen molar-refractivity contribution in [1.82, 2.24) is 4.98 Å². The van der Waals surface area contributed by atoms with Gasteiger partial charge in [0.25, 0.3) is 0 Å². The fraction of sp³-hybridized carbons (Fsp3) is 0.333. The zero-order chi connectivity index (χ0) is 20.6. The number of pyridine rings is 1. The Balaban J connectivity index is 1.71. The van der Waals surface area contributed by atoms with E-state index >= 15 is 0 Å². The Morgan fingerprint density at radius 3 is 2.86 bits per heavy atom. The van der Waals surface area contributed by atoms with E-state index in [1.807, 2.05) is 0 Å². The van der Waals surface area contributed by atoms with Crippen molar-refractivity contribution >= 4 is 40.7 Å². The number of nitrogens with zero attached hydrogens (tertiary/aromatic N) is 2. The summed E-state index contributed by atoms with van der Waals surface area (Å²) in [4.78, 5) is 8.62. The van der Waals surface area contributed by atoms with Gasteiger partial charge in [0.05, 0.1) is 22.1 Å². The van der Waals surface area contributed by atoms with Gasteiger partial charge >= 0.3 is 0 Å². The van der Waals surface area contributed by atoms with Crippen LogP contribution in [-0.2, 0) is 10.3 Å². The highest BCUT2D eigenvalue weighted by Gasteiger charge is 2.68. The standard InChI is InChI=1S/C21H20ClF2N3OS/c1-28-12-20-9-18(20)21(11-23,27-19(25)29-20)16-8-13(3-7-17(16)24)2-5-15-6-4-14(22)10-26-15/h2-8,10,18H,9,11-12H2,1H3,(H2,25,27)/b5-2+/t18-,20-,21-/m1/s1. The maximum absolute atomic E-state index is 14.9. The third-order valence-corrected chi connectivity index (χ3v) is 6.96. The molecule has 3 atom stereocenters. The van der Waals surface area contributed by atoms with E-state index in [2.05, 4.69) is 9.98 Å². The lowest BCUT2D eigenvalue weighted by Crippen LogP contribution is -2.41. The maximum atomic E-state index is 14.9. The average molecular weight is 436 g/mol. The molecule has 2 aliphatic rings. The van der Waals surface area contributed by atoms with Crippen molar-refractivity contribution in [2.75, 3.05) is 20.4 Å². The van der Waals surface area contributed by atoms with Crippen LogP contribution in [0.4, 0.5) is 8.78 Å². The van der Waals surface area contributed by atoms with Gasteiger partial charge in [-0.2, -0.15) is 0 Å². The van der Waals surface area contributed by atoms with Crippen molar-refractivity contribution in [3.63, 3.8) is 0 Å². The van der Waals surface area contributed by atoms with E-state index in [1.165, 1.54) is 17.8 Å². The Labute approximate surface area is 177 Å². The van der Waals surface area contributed by atoms with Crippen molar-refractivity contribution in [1.29, 1.82) is 0 Å². The molecule has 152 valence electrons. The summed E-state index contributed by atoms with van der Waals surface area (Å²) in [6.45, 7) is -0.406. The van der Waals surface area contributed by atoms with E-state index in [4.69, 9.17) is 22.1 Å². The summed E-state index contributed by atoms with van der Waals surface area (Å²) in [5, 5.41) is 0.810. The Morgan fingerprint density at radius 1 is 1.34 bits per heavy atom. The molecule has 0 amide bonds. The first kappa shape index (κ1) is 20.3. The molecule has 2 aromatic rings. The van der Waals surface area contributed by atoms with Crippen LogP contribution in [-0.4, -0.2) is 35.3 Å². The molecule has 1 fully saturated rings. The molecule has 0 saturated heterocycles. The SMILES string of the molecule is COC[C@]12C[C@H]1[C@@](CF)(c1cc(/C=C/c3ccc(Cl)cn3)ccc1F)N=C(N)S2. The normalized spacial score (nSPS) is 28.3. The van der Waals surface area contributed by atoms with Gasteiger partial charge in [-0.1, -0.05) is 35.5 Å². The predicted molar refractivity (Wildman–Crippen MR) is 114 cm³/mol. The van der Waals surface area contributed by atoms with Gasteiger partial charge in [0.1, 0.15) is 18.0 Å². The molecule has 0 bridgehead atoms. The van der Waals surface area contributed by atoms with Crippen molar-refractivity contribution in [2.45, 2.75) is 16.7 Å². The van der Waals surface area contributed by atoms with Crippen LogP contribution < -0.4 is 5.73 Å². The van der Waals surface area contributed by atoms with Crippen molar-refractivity contribution in [3.8, 4) is 0 Å². The zero-order valence-corrected chi connectivity index (χ0v) is 17.3. The second-order valence-corrected chi connectivity index (χ2v) is 9.21. The Kier molecular flexibility index (Phi) is 5.40. The molecule has 1 aromatic carbocycles. The van der Waals surface area contributed by atoms with Gasteiger partial charge in [-0.15, -0.1) is 0 Å². The lowest BCUT2D eigenvalue weighted by molar-refractivity contribution is 0.176. The number of aliphatic imine (C=N–C) groups is 1. The number of amidine groups is 1. The van der Waals surface area contributed by atoms with Crippen LogP contribution in [0.5, 0.6) is 0 Å². The Hall–Kier alpha value is -1.96. The van der Waals surface area contributed by atoms with E-state index in [0.717, 1.165) is 5.56 Å². The molecule has 4 rings (SSSR count). The second-order valence-electron chi connectivity index (χ2n) is 7.34. The lowest BCUT2D eigenvalue weighted by atomic mass is 9.84. The van der Waals surface area contributed by atoms with Crippen LogP contribution in [0.25, 0.3) is 12.2 Å². The Morgan fingerprint density at radius 2 is 2.17 bits per heavy atom. The first-order valence-corrected chi connectivity index (χ1v) is 10.3.